The van der Waals surface area contributed by atoms with E-state index in [1.54, 1.807) is 21.3 Å². The topological polar surface area (TPSA) is 81.0 Å². The summed E-state index contributed by atoms with van der Waals surface area (Å²) in [6.45, 7) is 0.527. The van der Waals surface area contributed by atoms with Gasteiger partial charge in [0.1, 0.15) is 6.17 Å². The van der Waals surface area contributed by atoms with E-state index < -0.39 is 0 Å². The van der Waals surface area contributed by atoms with E-state index in [9.17, 15) is 0 Å². The molecule has 1 atom stereocenters. The summed E-state index contributed by atoms with van der Waals surface area (Å²) in [5.41, 5.74) is 12.1. The summed E-state index contributed by atoms with van der Waals surface area (Å²) < 4.78 is 16.3. The minimum atomic E-state index is -0.127. The Morgan fingerprint density at radius 2 is 1.69 bits per heavy atom. The lowest BCUT2D eigenvalue weighted by atomic mass is 10.1. The quantitative estimate of drug-likeness (QED) is 0.703. The zero-order valence-corrected chi connectivity index (χ0v) is 15.2. The number of anilines is 1. The van der Waals surface area contributed by atoms with Crippen LogP contribution in [-0.4, -0.2) is 26.3 Å². The molecular weight excluding hydrogens is 332 g/mol. The molecule has 7 heteroatoms. The van der Waals surface area contributed by atoms with E-state index in [1.165, 1.54) is 0 Å². The second-order valence-electron chi connectivity index (χ2n) is 5.76. The molecule has 0 spiro atoms. The average molecular weight is 356 g/mol. The minimum Gasteiger partial charge on any atom is -0.493 e. The van der Waals surface area contributed by atoms with Gasteiger partial charge in [0, 0.05) is 24.5 Å². The van der Waals surface area contributed by atoms with Crippen LogP contribution in [-0.2, 0) is 6.54 Å². The first-order valence-corrected chi connectivity index (χ1v) is 8.26. The Hall–Kier alpha value is -3.06. The van der Waals surface area contributed by atoms with E-state index in [1.807, 2.05) is 53.8 Å². The minimum absolute atomic E-state index is 0.127. The average Bonchev–Trinajstić information content (AvgIpc) is 3.15. The van der Waals surface area contributed by atoms with Gasteiger partial charge in [-0.25, -0.2) is 0 Å². The Morgan fingerprint density at radius 3 is 2.23 bits per heavy atom. The van der Waals surface area contributed by atoms with Gasteiger partial charge in [-0.1, -0.05) is 12.1 Å². The van der Waals surface area contributed by atoms with Crippen molar-refractivity contribution in [3.8, 4) is 17.2 Å². The smallest absolute Gasteiger partial charge is 0.203 e. The molecule has 1 aliphatic rings. The highest BCUT2D eigenvalue weighted by atomic mass is 16.5. The summed E-state index contributed by atoms with van der Waals surface area (Å²) in [5, 5.41) is 5.29. The molecule has 2 aromatic rings. The highest BCUT2D eigenvalue weighted by Crippen LogP contribution is 2.40. The van der Waals surface area contributed by atoms with Crippen LogP contribution in [0, 0.1) is 0 Å². The molecule has 138 valence electrons. The number of ether oxygens (including phenoxy) is 3. The predicted octanol–water partition coefficient (Wildman–Crippen LogP) is 2.57. The van der Waals surface area contributed by atoms with Gasteiger partial charge in [0.25, 0.3) is 0 Å². The number of hydrogen-bond donors (Lipinski definition) is 3. The van der Waals surface area contributed by atoms with Crippen molar-refractivity contribution in [2.45, 2.75) is 12.7 Å². The van der Waals surface area contributed by atoms with E-state index in [2.05, 4.69) is 10.7 Å². The van der Waals surface area contributed by atoms with Crippen molar-refractivity contribution in [2.24, 2.45) is 5.73 Å². The lowest BCUT2D eigenvalue weighted by Gasteiger charge is -2.28. The molecule has 0 radical (unpaired) electrons. The number of hydrogen-bond acceptors (Lipinski definition) is 7. The molecule has 1 heterocycles. The predicted molar refractivity (Wildman–Crippen MR) is 101 cm³/mol. The van der Waals surface area contributed by atoms with Crippen molar-refractivity contribution in [1.29, 1.82) is 0 Å². The molecule has 0 saturated carbocycles. The van der Waals surface area contributed by atoms with Gasteiger partial charge in [0.05, 0.1) is 27.0 Å². The van der Waals surface area contributed by atoms with E-state index in [4.69, 9.17) is 19.9 Å². The fraction of sp³-hybridized carbons (Fsp3) is 0.263. The maximum Gasteiger partial charge on any atom is 0.203 e. The first kappa shape index (κ1) is 17.8. The van der Waals surface area contributed by atoms with Gasteiger partial charge in [-0.15, -0.1) is 0 Å². The van der Waals surface area contributed by atoms with Crippen LogP contribution in [0.25, 0.3) is 0 Å². The lowest BCUT2D eigenvalue weighted by molar-refractivity contribution is 0.312. The summed E-state index contributed by atoms with van der Waals surface area (Å²) in [7, 11) is 4.81. The second kappa shape index (κ2) is 7.88. The molecule has 26 heavy (non-hydrogen) atoms. The zero-order chi connectivity index (χ0) is 18.5. The number of nitrogens with two attached hydrogens (primary N) is 1. The van der Waals surface area contributed by atoms with Gasteiger partial charge in [-0.3, -0.25) is 10.4 Å². The van der Waals surface area contributed by atoms with Gasteiger partial charge >= 0.3 is 0 Å². The van der Waals surface area contributed by atoms with Crippen molar-refractivity contribution in [1.82, 2.24) is 10.3 Å². The molecule has 1 unspecified atom stereocenters. The summed E-state index contributed by atoms with van der Waals surface area (Å²) in [5.74, 6) is 1.80. The molecule has 1 aliphatic heterocycles. The maximum atomic E-state index is 5.65. The summed E-state index contributed by atoms with van der Waals surface area (Å²) in [6, 6.07) is 11.9. The van der Waals surface area contributed by atoms with Crippen LogP contribution in [0.2, 0.25) is 0 Å². The lowest BCUT2D eigenvalue weighted by Crippen LogP contribution is -2.31. The number of methoxy groups -OCH3 is 3. The zero-order valence-electron chi connectivity index (χ0n) is 15.2. The monoisotopic (exact) mass is 356 g/mol. The van der Waals surface area contributed by atoms with Gasteiger partial charge in [0.2, 0.25) is 5.75 Å². The SMILES string of the molecule is COc1cc(C2NC=CN2Nc2ccc(CN)cc2)cc(OC)c1OC. The first-order chi connectivity index (χ1) is 12.7. The molecule has 0 aromatic heterocycles. The number of benzene rings is 2. The van der Waals surface area contributed by atoms with Crippen LogP contribution in [0.5, 0.6) is 17.2 Å². The normalized spacial score (nSPS) is 15.5. The number of rotatable bonds is 7. The van der Waals surface area contributed by atoms with Crippen molar-refractivity contribution in [3.05, 3.63) is 59.9 Å². The van der Waals surface area contributed by atoms with E-state index >= 15 is 0 Å². The third kappa shape index (κ3) is 3.48. The Morgan fingerprint density at radius 1 is 1.04 bits per heavy atom. The van der Waals surface area contributed by atoms with E-state index in [-0.39, 0.29) is 6.17 Å². The fourth-order valence-electron chi connectivity index (χ4n) is 2.86. The van der Waals surface area contributed by atoms with Gasteiger partial charge in [-0.2, -0.15) is 0 Å². The Kier molecular flexibility index (Phi) is 5.38. The van der Waals surface area contributed by atoms with Crippen LogP contribution in [0.15, 0.2) is 48.8 Å². The Balaban J connectivity index is 1.85. The highest BCUT2D eigenvalue weighted by molar-refractivity contribution is 5.55. The van der Waals surface area contributed by atoms with Crippen molar-refractivity contribution in [2.75, 3.05) is 26.8 Å². The molecular formula is C19H24N4O3. The standard InChI is InChI=1S/C19H24N4O3/c1-24-16-10-14(11-17(25-2)18(16)26-3)19-21-8-9-23(19)22-15-6-4-13(12-20)5-7-15/h4-11,19,21-22H,12,20H2,1-3H3. The van der Waals surface area contributed by atoms with Crippen LogP contribution in [0.4, 0.5) is 5.69 Å². The van der Waals surface area contributed by atoms with Gasteiger partial charge in [-0.05, 0) is 29.8 Å². The number of hydrazine groups is 1. The molecule has 2 aromatic carbocycles. The van der Waals surface area contributed by atoms with Crippen LogP contribution in [0.1, 0.15) is 17.3 Å². The van der Waals surface area contributed by atoms with Gasteiger partial charge in [0.15, 0.2) is 11.5 Å². The second-order valence-corrected chi connectivity index (χ2v) is 5.76. The molecule has 0 aliphatic carbocycles. The van der Waals surface area contributed by atoms with Crippen molar-refractivity contribution in [3.63, 3.8) is 0 Å². The Labute approximate surface area is 153 Å². The maximum absolute atomic E-state index is 5.65. The van der Waals surface area contributed by atoms with E-state index in [0.717, 1.165) is 16.8 Å². The highest BCUT2D eigenvalue weighted by Gasteiger charge is 2.24. The van der Waals surface area contributed by atoms with E-state index in [0.29, 0.717) is 23.8 Å². The molecule has 0 bridgehead atoms. The fourth-order valence-corrected chi connectivity index (χ4v) is 2.86. The Bertz CT molecular complexity index is 752. The van der Waals surface area contributed by atoms with Crippen molar-refractivity contribution >= 4 is 5.69 Å². The first-order valence-electron chi connectivity index (χ1n) is 8.26. The third-order valence-electron chi connectivity index (χ3n) is 4.22. The summed E-state index contributed by atoms with van der Waals surface area (Å²) >= 11 is 0. The molecule has 0 amide bonds. The molecule has 7 nitrogen and oxygen atoms in total. The summed E-state index contributed by atoms with van der Waals surface area (Å²) in [4.78, 5) is 0. The molecule has 4 N–H and O–H groups in total. The summed E-state index contributed by atoms with van der Waals surface area (Å²) in [6.07, 6.45) is 3.69. The molecule has 0 fully saturated rings. The largest absolute Gasteiger partial charge is 0.493 e. The number of nitrogens with one attached hydrogen (secondary N) is 2. The number of nitrogens with zero attached hydrogens (tertiary/aromatic N) is 1. The van der Waals surface area contributed by atoms with Crippen LogP contribution in [0.3, 0.4) is 0 Å². The van der Waals surface area contributed by atoms with Gasteiger partial charge < -0.3 is 25.3 Å². The molecule has 3 rings (SSSR count). The van der Waals surface area contributed by atoms with Crippen molar-refractivity contribution < 1.29 is 14.2 Å². The molecule has 0 saturated heterocycles. The van der Waals surface area contributed by atoms with Crippen LogP contribution >= 0.6 is 0 Å². The third-order valence-corrected chi connectivity index (χ3v) is 4.22. The van der Waals surface area contributed by atoms with Crippen LogP contribution < -0.4 is 30.7 Å².